The number of hydrogen-bond donors (Lipinski definition) is 0. The Labute approximate surface area is 81.3 Å². The molecule has 0 atom stereocenters. The van der Waals surface area contributed by atoms with Crippen molar-refractivity contribution in [1.82, 2.24) is 9.55 Å². The molecule has 0 aliphatic carbocycles. The zero-order valence-corrected chi connectivity index (χ0v) is 8.40. The van der Waals surface area contributed by atoms with Crippen molar-refractivity contribution < 1.29 is 9.53 Å². The Morgan fingerprint density at radius 3 is 2.86 bits per heavy atom. The molecule has 0 amide bonds. The molecular formula is C9H12N2O3. The smallest absolute Gasteiger partial charge is 0.345 e. The van der Waals surface area contributed by atoms with Crippen molar-refractivity contribution in [2.24, 2.45) is 7.05 Å². The Bertz CT molecular complexity index is 409. The van der Waals surface area contributed by atoms with E-state index in [1.54, 1.807) is 20.9 Å². The van der Waals surface area contributed by atoms with Gasteiger partial charge in [0.25, 0.3) is 5.56 Å². The first kappa shape index (κ1) is 10.4. The molecule has 0 bridgehead atoms. The highest BCUT2D eigenvalue weighted by Crippen LogP contribution is 1.94. The van der Waals surface area contributed by atoms with Crippen LogP contribution < -0.4 is 5.56 Å². The van der Waals surface area contributed by atoms with Crippen LogP contribution in [0.15, 0.2) is 11.0 Å². The number of aromatic nitrogens is 2. The second kappa shape index (κ2) is 4.04. The summed E-state index contributed by atoms with van der Waals surface area (Å²) >= 11 is 0. The van der Waals surface area contributed by atoms with Gasteiger partial charge in [-0.2, -0.15) is 0 Å². The maximum Gasteiger partial charge on any atom is 0.345 e. The van der Waals surface area contributed by atoms with Gasteiger partial charge >= 0.3 is 5.97 Å². The third-order valence-electron chi connectivity index (χ3n) is 1.90. The van der Waals surface area contributed by atoms with Gasteiger partial charge in [-0.1, -0.05) is 0 Å². The molecule has 0 aromatic carbocycles. The number of rotatable bonds is 2. The maximum atomic E-state index is 11.5. The molecular weight excluding hydrogens is 184 g/mol. The molecule has 0 saturated heterocycles. The van der Waals surface area contributed by atoms with Crippen molar-refractivity contribution in [3.05, 3.63) is 27.9 Å². The topological polar surface area (TPSA) is 61.2 Å². The van der Waals surface area contributed by atoms with Crippen molar-refractivity contribution in [3.8, 4) is 0 Å². The third kappa shape index (κ3) is 1.81. The lowest BCUT2D eigenvalue weighted by Crippen LogP contribution is -2.27. The van der Waals surface area contributed by atoms with Crippen molar-refractivity contribution in [2.75, 3.05) is 6.61 Å². The average molecular weight is 196 g/mol. The van der Waals surface area contributed by atoms with E-state index >= 15 is 0 Å². The summed E-state index contributed by atoms with van der Waals surface area (Å²) in [5, 5.41) is 0. The third-order valence-corrected chi connectivity index (χ3v) is 1.90. The van der Waals surface area contributed by atoms with Crippen LogP contribution in [0.1, 0.15) is 23.1 Å². The minimum Gasteiger partial charge on any atom is -0.462 e. The molecule has 5 nitrogen and oxygen atoms in total. The first-order chi connectivity index (χ1) is 6.57. The molecule has 0 radical (unpaired) electrons. The predicted molar refractivity (Wildman–Crippen MR) is 50.2 cm³/mol. The van der Waals surface area contributed by atoms with Gasteiger partial charge in [0.15, 0.2) is 0 Å². The molecule has 0 spiro atoms. The summed E-state index contributed by atoms with van der Waals surface area (Å²) in [5.41, 5.74) is -0.407. The SMILES string of the molecule is CCOC(=O)c1cnc(C)n(C)c1=O. The lowest BCUT2D eigenvalue weighted by atomic mass is 10.3. The normalized spacial score (nSPS) is 9.93. The molecule has 5 heteroatoms. The summed E-state index contributed by atoms with van der Waals surface area (Å²) < 4.78 is 6.02. The van der Waals surface area contributed by atoms with Crippen molar-refractivity contribution in [2.45, 2.75) is 13.8 Å². The molecule has 0 aliphatic heterocycles. The van der Waals surface area contributed by atoms with E-state index in [0.29, 0.717) is 5.82 Å². The predicted octanol–water partition coefficient (Wildman–Crippen LogP) is 0.265. The van der Waals surface area contributed by atoms with Crippen LogP contribution in [0.25, 0.3) is 0 Å². The van der Waals surface area contributed by atoms with Gasteiger partial charge in [-0.05, 0) is 13.8 Å². The Morgan fingerprint density at radius 2 is 2.29 bits per heavy atom. The standard InChI is InChI=1S/C9H12N2O3/c1-4-14-9(13)7-5-10-6(2)11(3)8(7)12/h5H,4H2,1-3H3. The fraction of sp³-hybridized carbons (Fsp3) is 0.444. The van der Waals surface area contributed by atoms with E-state index in [-0.39, 0.29) is 17.7 Å². The largest absolute Gasteiger partial charge is 0.462 e. The monoisotopic (exact) mass is 196 g/mol. The van der Waals surface area contributed by atoms with Crippen LogP contribution in [0.5, 0.6) is 0 Å². The summed E-state index contributed by atoms with van der Waals surface area (Å²) in [6, 6.07) is 0. The minimum absolute atomic E-state index is 0.0278. The maximum absolute atomic E-state index is 11.5. The number of ether oxygens (including phenoxy) is 1. The summed E-state index contributed by atoms with van der Waals surface area (Å²) in [6.45, 7) is 3.62. The number of aryl methyl sites for hydroxylation is 1. The second-order valence-corrected chi connectivity index (χ2v) is 2.80. The second-order valence-electron chi connectivity index (χ2n) is 2.80. The molecule has 1 rings (SSSR count). The van der Waals surface area contributed by atoms with Crippen LogP contribution in [0.3, 0.4) is 0 Å². The molecule has 1 aromatic heterocycles. The molecule has 1 aromatic rings. The summed E-state index contributed by atoms with van der Waals surface area (Å²) in [5.74, 6) is -0.0661. The summed E-state index contributed by atoms with van der Waals surface area (Å²) in [7, 11) is 1.56. The molecule has 1 heterocycles. The van der Waals surface area contributed by atoms with Gasteiger partial charge < -0.3 is 4.74 Å². The van der Waals surface area contributed by atoms with Crippen LogP contribution in [-0.4, -0.2) is 22.1 Å². The van der Waals surface area contributed by atoms with E-state index in [1.807, 2.05) is 0 Å². The van der Waals surface area contributed by atoms with Gasteiger partial charge in [-0.3, -0.25) is 9.36 Å². The Morgan fingerprint density at radius 1 is 1.64 bits per heavy atom. The summed E-state index contributed by atoms with van der Waals surface area (Å²) in [6.07, 6.45) is 1.25. The number of hydrogen-bond acceptors (Lipinski definition) is 4. The summed E-state index contributed by atoms with van der Waals surface area (Å²) in [4.78, 5) is 26.7. The van der Waals surface area contributed by atoms with Crippen molar-refractivity contribution in [3.63, 3.8) is 0 Å². The molecule has 14 heavy (non-hydrogen) atoms. The minimum atomic E-state index is -0.624. The van der Waals surface area contributed by atoms with Gasteiger partial charge in [0.1, 0.15) is 11.4 Å². The number of carbonyl (C=O) groups excluding carboxylic acids is 1. The Balaban J connectivity index is 3.18. The fourth-order valence-electron chi connectivity index (χ4n) is 0.976. The van der Waals surface area contributed by atoms with Crippen molar-refractivity contribution >= 4 is 5.97 Å². The lowest BCUT2D eigenvalue weighted by Gasteiger charge is -2.04. The molecule has 0 aliphatic rings. The number of esters is 1. The molecule has 0 fully saturated rings. The molecule has 0 N–H and O–H groups in total. The van der Waals surface area contributed by atoms with E-state index in [2.05, 4.69) is 4.98 Å². The van der Waals surface area contributed by atoms with Gasteiger partial charge in [0.2, 0.25) is 0 Å². The molecule has 0 unspecified atom stereocenters. The highest BCUT2D eigenvalue weighted by Gasteiger charge is 2.13. The van der Waals surface area contributed by atoms with Crippen molar-refractivity contribution in [1.29, 1.82) is 0 Å². The Hall–Kier alpha value is -1.65. The highest BCUT2D eigenvalue weighted by molar-refractivity contribution is 5.88. The van der Waals surface area contributed by atoms with Gasteiger partial charge in [-0.15, -0.1) is 0 Å². The quantitative estimate of drug-likeness (QED) is 0.637. The lowest BCUT2D eigenvalue weighted by molar-refractivity contribution is 0.0523. The van der Waals surface area contributed by atoms with Gasteiger partial charge in [-0.25, -0.2) is 9.78 Å². The van der Waals surface area contributed by atoms with E-state index in [1.165, 1.54) is 10.8 Å². The van der Waals surface area contributed by atoms with Gasteiger partial charge in [0, 0.05) is 13.2 Å². The van der Waals surface area contributed by atoms with Crippen LogP contribution in [0.4, 0.5) is 0 Å². The molecule has 76 valence electrons. The van der Waals surface area contributed by atoms with Crippen LogP contribution >= 0.6 is 0 Å². The number of nitrogens with zero attached hydrogens (tertiary/aromatic N) is 2. The highest BCUT2D eigenvalue weighted by atomic mass is 16.5. The average Bonchev–Trinajstić information content (AvgIpc) is 2.15. The van der Waals surface area contributed by atoms with E-state index in [9.17, 15) is 9.59 Å². The van der Waals surface area contributed by atoms with Crippen LogP contribution in [0, 0.1) is 6.92 Å². The number of carbonyl (C=O) groups is 1. The molecule has 0 saturated carbocycles. The zero-order chi connectivity index (χ0) is 10.7. The van der Waals surface area contributed by atoms with E-state index in [4.69, 9.17) is 4.74 Å². The fourth-order valence-corrected chi connectivity index (χ4v) is 0.976. The van der Waals surface area contributed by atoms with E-state index < -0.39 is 5.97 Å². The van der Waals surface area contributed by atoms with Gasteiger partial charge in [0.05, 0.1) is 6.61 Å². The van der Waals surface area contributed by atoms with Crippen LogP contribution in [-0.2, 0) is 11.8 Å². The Kier molecular flexibility index (Phi) is 3.01. The first-order valence-electron chi connectivity index (χ1n) is 4.27. The zero-order valence-electron chi connectivity index (χ0n) is 8.40. The van der Waals surface area contributed by atoms with Crippen LogP contribution in [0.2, 0.25) is 0 Å². The first-order valence-corrected chi connectivity index (χ1v) is 4.27. The van der Waals surface area contributed by atoms with E-state index in [0.717, 1.165) is 0 Å².